The first-order valence-electron chi connectivity index (χ1n) is 10.6. The van der Waals surface area contributed by atoms with Gasteiger partial charge in [0.15, 0.2) is 5.72 Å². The van der Waals surface area contributed by atoms with Crippen molar-refractivity contribution in [2.24, 2.45) is 11.3 Å². The largest absolute Gasteiger partial charge is 0.468 e. The molecule has 7 heteroatoms. The molecule has 30 heavy (non-hydrogen) atoms. The van der Waals surface area contributed by atoms with Crippen molar-refractivity contribution in [1.82, 2.24) is 4.90 Å². The fourth-order valence-electron chi connectivity index (χ4n) is 7.51. The van der Waals surface area contributed by atoms with Gasteiger partial charge in [0.05, 0.1) is 18.6 Å². The number of rotatable bonds is 3. The summed E-state index contributed by atoms with van der Waals surface area (Å²) >= 11 is 0. The first-order chi connectivity index (χ1) is 14.4. The summed E-state index contributed by atoms with van der Waals surface area (Å²) in [4.78, 5) is 28.2. The van der Waals surface area contributed by atoms with Gasteiger partial charge in [-0.2, -0.15) is 0 Å². The van der Waals surface area contributed by atoms with Crippen molar-refractivity contribution >= 4 is 17.6 Å². The summed E-state index contributed by atoms with van der Waals surface area (Å²) in [6.45, 7) is 4.15. The Labute approximate surface area is 175 Å². The van der Waals surface area contributed by atoms with E-state index in [0.717, 1.165) is 24.2 Å². The number of para-hydroxylation sites is 1. The van der Waals surface area contributed by atoms with Gasteiger partial charge >= 0.3 is 11.9 Å². The molecule has 158 valence electrons. The Morgan fingerprint density at radius 1 is 1.37 bits per heavy atom. The number of anilines is 1. The van der Waals surface area contributed by atoms with Gasteiger partial charge in [-0.25, -0.2) is 0 Å². The second kappa shape index (κ2) is 5.65. The molecule has 0 amide bonds. The Morgan fingerprint density at radius 2 is 2.17 bits per heavy atom. The highest BCUT2D eigenvalue weighted by atomic mass is 16.6. The quantitative estimate of drug-likeness (QED) is 0.605. The number of hydrogen-bond donors (Lipinski definition) is 1. The number of allylic oxidation sites excluding steroid dienone is 1. The van der Waals surface area contributed by atoms with Crippen LogP contribution in [0.25, 0.3) is 0 Å². The van der Waals surface area contributed by atoms with Crippen LogP contribution in [-0.4, -0.2) is 55.1 Å². The van der Waals surface area contributed by atoms with Crippen molar-refractivity contribution in [1.29, 1.82) is 0 Å². The third-order valence-electron chi connectivity index (χ3n) is 8.44. The average Bonchev–Trinajstić information content (AvgIpc) is 3.35. The van der Waals surface area contributed by atoms with Crippen LogP contribution in [0.4, 0.5) is 5.69 Å². The summed E-state index contributed by atoms with van der Waals surface area (Å²) in [5, 5.41) is 3.70. The monoisotopic (exact) mass is 410 g/mol. The van der Waals surface area contributed by atoms with Crippen molar-refractivity contribution in [3.05, 3.63) is 41.5 Å². The van der Waals surface area contributed by atoms with E-state index in [9.17, 15) is 9.59 Å². The molecule has 1 aromatic rings. The highest BCUT2D eigenvalue weighted by Gasteiger charge is 2.87. The molecule has 4 aliphatic heterocycles. The number of methoxy groups -OCH3 is 1. The average molecular weight is 410 g/mol. The molecule has 1 N–H and O–H groups in total. The Kier molecular flexibility index (Phi) is 3.46. The molecule has 4 fully saturated rings. The second-order valence-corrected chi connectivity index (χ2v) is 9.17. The Morgan fingerprint density at radius 3 is 2.90 bits per heavy atom. The molecular formula is C23H26N2O5. The highest BCUT2D eigenvalue weighted by molar-refractivity contribution is 5.86. The molecule has 4 bridgehead atoms. The number of esters is 2. The van der Waals surface area contributed by atoms with Crippen LogP contribution in [0.2, 0.25) is 0 Å². The topological polar surface area (TPSA) is 77.1 Å². The van der Waals surface area contributed by atoms with Crippen molar-refractivity contribution < 1.29 is 23.8 Å². The number of ether oxygens (including phenoxy) is 3. The summed E-state index contributed by atoms with van der Waals surface area (Å²) in [5.41, 5.74) is 0.775. The lowest BCUT2D eigenvalue weighted by molar-refractivity contribution is -0.196. The van der Waals surface area contributed by atoms with E-state index in [-0.39, 0.29) is 30.8 Å². The van der Waals surface area contributed by atoms with E-state index < -0.39 is 22.5 Å². The van der Waals surface area contributed by atoms with Crippen LogP contribution in [0.15, 0.2) is 35.9 Å². The zero-order valence-electron chi connectivity index (χ0n) is 17.4. The van der Waals surface area contributed by atoms with Gasteiger partial charge in [0.25, 0.3) is 0 Å². The number of piperidine rings is 2. The van der Waals surface area contributed by atoms with Gasteiger partial charge in [0, 0.05) is 31.5 Å². The molecule has 0 unspecified atom stereocenters. The van der Waals surface area contributed by atoms with Crippen LogP contribution < -0.4 is 5.32 Å². The van der Waals surface area contributed by atoms with Crippen molar-refractivity contribution in [3.63, 3.8) is 0 Å². The highest BCUT2D eigenvalue weighted by Crippen LogP contribution is 2.76. The number of benzene rings is 1. The number of carbonyl (C=O) groups excluding carboxylic acids is 2. The van der Waals surface area contributed by atoms with Crippen LogP contribution >= 0.6 is 0 Å². The zero-order valence-corrected chi connectivity index (χ0v) is 17.4. The molecule has 6 rings (SSSR count). The Hall–Kier alpha value is -2.38. The van der Waals surface area contributed by atoms with Gasteiger partial charge in [0.1, 0.15) is 18.2 Å². The van der Waals surface area contributed by atoms with Gasteiger partial charge < -0.3 is 19.5 Å². The predicted molar refractivity (Wildman–Crippen MR) is 107 cm³/mol. The van der Waals surface area contributed by atoms with Crippen LogP contribution in [-0.2, 0) is 29.2 Å². The first kappa shape index (κ1) is 18.4. The lowest BCUT2D eigenvalue weighted by Gasteiger charge is -2.64. The van der Waals surface area contributed by atoms with Crippen LogP contribution in [0.5, 0.6) is 0 Å². The Balaban J connectivity index is 1.69. The third kappa shape index (κ3) is 1.70. The molecule has 4 heterocycles. The third-order valence-corrected chi connectivity index (χ3v) is 8.44. The lowest BCUT2D eigenvalue weighted by Crippen LogP contribution is -2.78. The molecular weight excluding hydrogens is 384 g/mol. The molecule has 1 aromatic carbocycles. The molecule has 0 radical (unpaired) electrons. The molecule has 0 aromatic heterocycles. The van der Waals surface area contributed by atoms with E-state index in [1.807, 2.05) is 25.1 Å². The maximum absolute atomic E-state index is 13.8. The van der Waals surface area contributed by atoms with Gasteiger partial charge in [-0.1, -0.05) is 29.8 Å². The first-order valence-corrected chi connectivity index (χ1v) is 10.6. The van der Waals surface area contributed by atoms with Crippen molar-refractivity contribution in [2.75, 3.05) is 25.6 Å². The van der Waals surface area contributed by atoms with E-state index in [4.69, 9.17) is 14.2 Å². The molecule has 3 saturated heterocycles. The van der Waals surface area contributed by atoms with Crippen molar-refractivity contribution in [3.8, 4) is 0 Å². The second-order valence-electron chi connectivity index (χ2n) is 9.17. The number of hydrogen-bond acceptors (Lipinski definition) is 7. The minimum Gasteiger partial charge on any atom is -0.468 e. The number of nitrogens with zero attached hydrogens (tertiary/aromatic N) is 1. The summed E-state index contributed by atoms with van der Waals surface area (Å²) in [6.07, 6.45) is 3.45. The van der Waals surface area contributed by atoms with E-state index in [1.54, 1.807) is 0 Å². The molecule has 1 saturated carbocycles. The Bertz CT molecular complexity index is 1010. The zero-order chi connectivity index (χ0) is 20.9. The smallest absolute Gasteiger partial charge is 0.317 e. The number of carbonyl (C=O) groups is 2. The number of nitrogens with one attached hydrogen (secondary N) is 1. The van der Waals surface area contributed by atoms with Gasteiger partial charge in [-0.15, -0.1) is 0 Å². The van der Waals surface area contributed by atoms with Crippen LogP contribution in [0, 0.1) is 11.3 Å². The SMILES string of the molecule is C/C=C1/CN2[C@@H]3C[C@]45c6ccccc6N[C@@]4(O3)[C@@H]2C[C@@H]1[C@@]5(COC(C)=O)C(=O)OC. The van der Waals surface area contributed by atoms with E-state index in [1.165, 1.54) is 19.6 Å². The van der Waals surface area contributed by atoms with E-state index in [0.29, 0.717) is 6.42 Å². The number of fused-ring (bicyclic) bond motifs is 4. The normalized spacial score (nSPS) is 43.3. The van der Waals surface area contributed by atoms with Crippen LogP contribution in [0.3, 0.4) is 0 Å². The molecule has 1 aliphatic carbocycles. The predicted octanol–water partition coefficient (Wildman–Crippen LogP) is 2.18. The fourth-order valence-corrected chi connectivity index (χ4v) is 7.51. The molecule has 6 atom stereocenters. The maximum Gasteiger partial charge on any atom is 0.317 e. The summed E-state index contributed by atoms with van der Waals surface area (Å²) < 4.78 is 17.9. The van der Waals surface area contributed by atoms with Crippen molar-refractivity contribution in [2.45, 2.75) is 50.1 Å². The van der Waals surface area contributed by atoms with Gasteiger partial charge in [0.2, 0.25) is 0 Å². The molecule has 5 aliphatic rings. The minimum atomic E-state index is -1.06. The standard InChI is InChI=1S/C23H26N2O5/c1-4-14-11-25-18-9-16(14)21(20(27)28-3,12-29-13(2)26)22-10-19(25)30-23(18,22)24-17-8-6-5-7-15(17)22/h4-8,16,18-19,24H,9-12H2,1-3H3/b14-4-/t16-,18-,19-,21-,22+,23+/m0/s1. The van der Waals surface area contributed by atoms with E-state index in [2.05, 4.69) is 22.4 Å². The van der Waals surface area contributed by atoms with Gasteiger partial charge in [-0.05, 0) is 25.0 Å². The summed E-state index contributed by atoms with van der Waals surface area (Å²) in [7, 11) is 1.43. The molecule has 1 spiro atoms. The van der Waals surface area contributed by atoms with Crippen LogP contribution in [0.1, 0.15) is 32.3 Å². The maximum atomic E-state index is 13.8. The van der Waals surface area contributed by atoms with Gasteiger partial charge in [-0.3, -0.25) is 14.5 Å². The summed E-state index contributed by atoms with van der Waals surface area (Å²) in [5.74, 6) is -0.804. The molecule has 7 nitrogen and oxygen atoms in total. The minimum absolute atomic E-state index is 0.0163. The summed E-state index contributed by atoms with van der Waals surface area (Å²) in [6, 6.07) is 8.28. The fraction of sp³-hybridized carbons (Fsp3) is 0.565. The lowest BCUT2D eigenvalue weighted by atomic mass is 9.42. The van der Waals surface area contributed by atoms with E-state index >= 15 is 0 Å².